The lowest BCUT2D eigenvalue weighted by atomic mass is 10.2. The third kappa shape index (κ3) is 4.84. The molecule has 0 saturated carbocycles. The average molecular weight is 286 g/mol. The van der Waals surface area contributed by atoms with Gasteiger partial charge >= 0.3 is 0 Å². The van der Waals surface area contributed by atoms with Crippen LogP contribution in [-0.4, -0.2) is 27.2 Å². The summed E-state index contributed by atoms with van der Waals surface area (Å²) in [6.07, 6.45) is 2.38. The van der Waals surface area contributed by atoms with Crippen molar-refractivity contribution >= 4 is 27.9 Å². The molecule has 0 amide bonds. The van der Waals surface area contributed by atoms with Gasteiger partial charge in [0.05, 0.1) is 10.6 Å². The van der Waals surface area contributed by atoms with E-state index in [9.17, 15) is 14.3 Å². The molecule has 0 fully saturated rings. The summed E-state index contributed by atoms with van der Waals surface area (Å²) < 4.78 is 11.2. The molecule has 0 aliphatic carbocycles. The van der Waals surface area contributed by atoms with Crippen LogP contribution in [0.15, 0.2) is 18.2 Å². The maximum Gasteiger partial charge on any atom is 0.273 e. The molecule has 0 aliphatic heterocycles. The Morgan fingerprint density at radius 1 is 1.42 bits per heavy atom. The van der Waals surface area contributed by atoms with Gasteiger partial charge in [-0.15, -0.1) is 0 Å². The number of hydrogen-bond acceptors (Lipinski definition) is 6. The van der Waals surface area contributed by atoms with Gasteiger partial charge in [-0.2, -0.15) is 0 Å². The number of nitro groups is 1. The van der Waals surface area contributed by atoms with Crippen LogP contribution in [0.25, 0.3) is 0 Å². The lowest BCUT2D eigenvalue weighted by molar-refractivity contribution is -0.384. The molecular weight excluding hydrogens is 268 g/mol. The molecule has 0 heterocycles. The molecule has 8 heteroatoms. The molecule has 0 aliphatic rings. The molecular formula is C11H18N4O3S. The Kier molecular flexibility index (Phi) is 5.71. The fraction of sp³-hybridized carbons (Fsp3) is 0.455. The Balaban J connectivity index is 2.70. The van der Waals surface area contributed by atoms with Crippen molar-refractivity contribution in [3.8, 4) is 0 Å². The first-order valence-corrected chi connectivity index (χ1v) is 7.38. The predicted octanol–water partition coefficient (Wildman–Crippen LogP) is 1.45. The highest BCUT2D eigenvalue weighted by Crippen LogP contribution is 2.23. The smallest absolute Gasteiger partial charge is 0.273 e. The van der Waals surface area contributed by atoms with E-state index in [-0.39, 0.29) is 10.9 Å². The number of non-ortho nitro benzene ring substituents is 1. The maximum atomic E-state index is 11.2. The fourth-order valence-corrected chi connectivity index (χ4v) is 1.94. The van der Waals surface area contributed by atoms with Crippen LogP contribution in [0.2, 0.25) is 0 Å². The van der Waals surface area contributed by atoms with Gasteiger partial charge < -0.3 is 10.7 Å². The number of nitrogens with zero attached hydrogens (tertiary/aromatic N) is 1. The van der Waals surface area contributed by atoms with Gasteiger partial charge in [-0.3, -0.25) is 20.2 Å². The number of benzene rings is 1. The van der Waals surface area contributed by atoms with E-state index in [2.05, 4.69) is 10.7 Å². The predicted molar refractivity (Wildman–Crippen MR) is 77.5 cm³/mol. The highest BCUT2D eigenvalue weighted by Gasteiger charge is 2.10. The summed E-state index contributed by atoms with van der Waals surface area (Å²) in [6, 6.07) is 4.48. The topological polar surface area (TPSA) is 110 Å². The molecule has 0 saturated heterocycles. The van der Waals surface area contributed by atoms with Crippen LogP contribution in [0.3, 0.4) is 0 Å². The second kappa shape index (κ2) is 7.05. The van der Waals surface area contributed by atoms with Crippen molar-refractivity contribution in [2.24, 2.45) is 5.84 Å². The molecule has 1 rings (SSSR count). The van der Waals surface area contributed by atoms with E-state index in [4.69, 9.17) is 5.84 Å². The van der Waals surface area contributed by atoms with Crippen LogP contribution in [0.5, 0.6) is 0 Å². The van der Waals surface area contributed by atoms with Gasteiger partial charge in [-0.25, -0.2) is 0 Å². The SMILES string of the molecule is CC(CCNc1cc(NN)cc([N+](=O)[O-])c1)S(C)=O. The molecule has 19 heavy (non-hydrogen) atoms. The number of nitro benzene ring substituents is 1. The van der Waals surface area contributed by atoms with Crippen LogP contribution >= 0.6 is 0 Å². The van der Waals surface area contributed by atoms with Crippen molar-refractivity contribution in [3.05, 3.63) is 28.3 Å². The zero-order chi connectivity index (χ0) is 14.4. The summed E-state index contributed by atoms with van der Waals surface area (Å²) >= 11 is 0. The van der Waals surface area contributed by atoms with E-state index in [0.29, 0.717) is 17.9 Å². The first-order valence-electron chi connectivity index (χ1n) is 5.76. The van der Waals surface area contributed by atoms with Crippen molar-refractivity contribution < 1.29 is 9.13 Å². The summed E-state index contributed by atoms with van der Waals surface area (Å²) in [4.78, 5) is 10.3. The van der Waals surface area contributed by atoms with Crippen LogP contribution < -0.4 is 16.6 Å². The van der Waals surface area contributed by atoms with E-state index in [1.807, 2.05) is 6.92 Å². The summed E-state index contributed by atoms with van der Waals surface area (Å²) in [5.74, 6) is 5.26. The molecule has 106 valence electrons. The Bertz CT molecular complexity index is 481. The number of nitrogens with one attached hydrogen (secondary N) is 2. The van der Waals surface area contributed by atoms with Crippen molar-refractivity contribution in [2.45, 2.75) is 18.6 Å². The van der Waals surface area contributed by atoms with Crippen LogP contribution in [-0.2, 0) is 10.8 Å². The molecule has 0 radical (unpaired) electrons. The third-order valence-corrected chi connectivity index (χ3v) is 4.11. The fourth-order valence-electron chi connectivity index (χ4n) is 1.49. The number of anilines is 2. The highest BCUT2D eigenvalue weighted by atomic mass is 32.2. The van der Waals surface area contributed by atoms with Gasteiger partial charge in [0.2, 0.25) is 0 Å². The van der Waals surface area contributed by atoms with Crippen molar-refractivity contribution in [1.29, 1.82) is 0 Å². The van der Waals surface area contributed by atoms with Gasteiger partial charge in [-0.1, -0.05) is 6.92 Å². The number of hydrogen-bond donors (Lipinski definition) is 3. The minimum atomic E-state index is -0.866. The second-order valence-corrected chi connectivity index (χ2v) is 6.00. The van der Waals surface area contributed by atoms with Crippen molar-refractivity contribution in [3.63, 3.8) is 0 Å². The largest absolute Gasteiger partial charge is 0.385 e. The normalized spacial score (nSPS) is 13.6. The standard InChI is InChI=1S/C11H18N4O3S/c1-8(19(2)18)3-4-13-9-5-10(14-12)7-11(6-9)15(16)17/h5-8,13-14H,3-4,12H2,1-2H3. The Morgan fingerprint density at radius 3 is 2.58 bits per heavy atom. The van der Waals surface area contributed by atoms with E-state index in [1.165, 1.54) is 12.1 Å². The van der Waals surface area contributed by atoms with Crippen LogP contribution in [0, 0.1) is 10.1 Å². The lowest BCUT2D eigenvalue weighted by Crippen LogP contribution is -2.15. The molecule has 0 bridgehead atoms. The lowest BCUT2D eigenvalue weighted by Gasteiger charge is -2.11. The first kappa shape index (κ1) is 15.4. The van der Waals surface area contributed by atoms with Crippen LogP contribution in [0.1, 0.15) is 13.3 Å². The first-order chi connectivity index (χ1) is 8.93. The second-order valence-electron chi connectivity index (χ2n) is 4.19. The molecule has 0 spiro atoms. The van der Waals surface area contributed by atoms with Crippen molar-refractivity contribution in [1.82, 2.24) is 0 Å². The third-order valence-electron chi connectivity index (χ3n) is 2.74. The molecule has 2 atom stereocenters. The zero-order valence-corrected chi connectivity index (χ0v) is 11.7. The van der Waals surface area contributed by atoms with Gasteiger partial charge in [0.25, 0.3) is 5.69 Å². The Morgan fingerprint density at radius 2 is 2.05 bits per heavy atom. The summed E-state index contributed by atoms with van der Waals surface area (Å²) in [6.45, 7) is 2.49. The minimum absolute atomic E-state index is 0.0370. The molecule has 7 nitrogen and oxygen atoms in total. The summed E-state index contributed by atoms with van der Waals surface area (Å²) in [5.41, 5.74) is 3.42. The van der Waals surface area contributed by atoms with Gasteiger partial charge in [0.1, 0.15) is 0 Å². The van der Waals surface area contributed by atoms with E-state index >= 15 is 0 Å². The molecule has 0 aromatic heterocycles. The Labute approximate surface area is 114 Å². The molecule has 1 aromatic rings. The number of hydrazine groups is 1. The Hall–Kier alpha value is -1.67. The molecule has 2 unspecified atom stereocenters. The number of nitrogen functional groups attached to an aromatic ring is 1. The monoisotopic (exact) mass is 286 g/mol. The highest BCUT2D eigenvalue weighted by molar-refractivity contribution is 7.84. The zero-order valence-electron chi connectivity index (χ0n) is 10.9. The summed E-state index contributed by atoms with van der Waals surface area (Å²) in [5, 5.41) is 13.9. The average Bonchev–Trinajstić information content (AvgIpc) is 2.37. The van der Waals surface area contributed by atoms with Crippen molar-refractivity contribution in [2.75, 3.05) is 23.5 Å². The van der Waals surface area contributed by atoms with E-state index in [0.717, 1.165) is 6.42 Å². The van der Waals surface area contributed by atoms with E-state index in [1.54, 1.807) is 12.3 Å². The maximum absolute atomic E-state index is 11.2. The van der Waals surface area contributed by atoms with Crippen LogP contribution in [0.4, 0.5) is 17.1 Å². The molecule has 4 N–H and O–H groups in total. The van der Waals surface area contributed by atoms with E-state index < -0.39 is 15.7 Å². The minimum Gasteiger partial charge on any atom is -0.385 e. The molecule has 1 aromatic carbocycles. The van der Waals surface area contributed by atoms with Gasteiger partial charge in [0, 0.05) is 46.7 Å². The quantitative estimate of drug-likeness (QED) is 0.397. The number of rotatable bonds is 7. The van der Waals surface area contributed by atoms with Gasteiger partial charge in [-0.05, 0) is 12.5 Å². The van der Waals surface area contributed by atoms with Gasteiger partial charge in [0.15, 0.2) is 0 Å². The summed E-state index contributed by atoms with van der Waals surface area (Å²) in [7, 11) is -0.866. The number of nitrogens with two attached hydrogens (primary N) is 1.